The largest absolute Gasteiger partial charge is 0.491 e. The van der Waals surface area contributed by atoms with Crippen molar-refractivity contribution in [3.05, 3.63) is 53.9 Å². The van der Waals surface area contributed by atoms with E-state index in [1.807, 2.05) is 38.1 Å². The first-order valence-electron chi connectivity index (χ1n) is 6.52. The monoisotopic (exact) mass is 270 g/mol. The van der Waals surface area contributed by atoms with Crippen LogP contribution in [-0.4, -0.2) is 21.7 Å². The number of benzene rings is 1. The highest BCUT2D eigenvalue weighted by atomic mass is 16.5. The maximum Gasteiger partial charge on any atom is 0.189 e. The molecule has 0 aliphatic rings. The number of ketones is 1. The Balaban J connectivity index is 2.02. The van der Waals surface area contributed by atoms with Crippen LogP contribution in [0.1, 0.15) is 29.8 Å². The predicted molar refractivity (Wildman–Crippen MR) is 78.8 cm³/mol. The molecule has 2 aromatic rings. The normalized spacial score (nSPS) is 11.2. The highest BCUT2D eigenvalue weighted by Crippen LogP contribution is 2.15. The van der Waals surface area contributed by atoms with Gasteiger partial charge in [-0.3, -0.25) is 9.48 Å². The molecule has 4 nitrogen and oxygen atoms in total. The zero-order chi connectivity index (χ0) is 14.5. The highest BCUT2D eigenvalue weighted by molar-refractivity contribution is 6.06. The van der Waals surface area contributed by atoms with E-state index < -0.39 is 0 Å². The standard InChI is InChI=1S/C16H18N2O2/c1-12(2)20-15-7-4-13(5-8-15)6-9-16(19)14-10-17-18(3)11-14/h4-12H,1-3H3. The fourth-order valence-electron chi connectivity index (χ4n) is 1.75. The Morgan fingerprint density at radius 1 is 1.30 bits per heavy atom. The van der Waals surface area contributed by atoms with Crippen LogP contribution < -0.4 is 4.74 Å². The molecule has 1 heterocycles. The number of nitrogens with zero attached hydrogens (tertiary/aromatic N) is 2. The van der Waals surface area contributed by atoms with Crippen LogP contribution in [0.3, 0.4) is 0 Å². The van der Waals surface area contributed by atoms with Crippen molar-refractivity contribution in [3.63, 3.8) is 0 Å². The van der Waals surface area contributed by atoms with E-state index in [2.05, 4.69) is 5.10 Å². The van der Waals surface area contributed by atoms with Gasteiger partial charge in [0.25, 0.3) is 0 Å². The van der Waals surface area contributed by atoms with Crippen LogP contribution in [0.2, 0.25) is 0 Å². The number of aromatic nitrogens is 2. The third kappa shape index (κ3) is 3.82. The number of aryl methyl sites for hydroxylation is 1. The van der Waals surface area contributed by atoms with Crippen LogP contribution in [0.4, 0.5) is 0 Å². The van der Waals surface area contributed by atoms with Crippen LogP contribution in [0.15, 0.2) is 42.7 Å². The van der Waals surface area contributed by atoms with Crippen molar-refractivity contribution in [1.29, 1.82) is 0 Å². The average molecular weight is 270 g/mol. The molecule has 0 atom stereocenters. The smallest absolute Gasteiger partial charge is 0.189 e. The molecular weight excluding hydrogens is 252 g/mol. The second-order valence-electron chi connectivity index (χ2n) is 4.84. The molecule has 2 rings (SSSR count). The quantitative estimate of drug-likeness (QED) is 0.619. The average Bonchev–Trinajstić information content (AvgIpc) is 2.84. The third-order valence-electron chi connectivity index (χ3n) is 2.67. The van der Waals surface area contributed by atoms with E-state index in [9.17, 15) is 4.79 Å². The maximum atomic E-state index is 11.9. The first-order chi connectivity index (χ1) is 9.54. The summed E-state index contributed by atoms with van der Waals surface area (Å²) in [6.45, 7) is 3.97. The summed E-state index contributed by atoms with van der Waals surface area (Å²) in [4.78, 5) is 11.9. The molecule has 20 heavy (non-hydrogen) atoms. The van der Waals surface area contributed by atoms with Crippen molar-refractivity contribution in [3.8, 4) is 5.75 Å². The lowest BCUT2D eigenvalue weighted by atomic mass is 10.1. The Morgan fingerprint density at radius 3 is 2.55 bits per heavy atom. The van der Waals surface area contributed by atoms with Crippen LogP contribution in [0.25, 0.3) is 6.08 Å². The van der Waals surface area contributed by atoms with Crippen LogP contribution >= 0.6 is 0 Å². The van der Waals surface area contributed by atoms with Gasteiger partial charge in [-0.15, -0.1) is 0 Å². The van der Waals surface area contributed by atoms with E-state index in [1.165, 1.54) is 0 Å². The molecule has 0 saturated carbocycles. The maximum absolute atomic E-state index is 11.9. The summed E-state index contributed by atoms with van der Waals surface area (Å²) >= 11 is 0. The highest BCUT2D eigenvalue weighted by Gasteiger charge is 2.03. The van der Waals surface area contributed by atoms with Gasteiger partial charge in [0.15, 0.2) is 5.78 Å². The molecule has 0 saturated heterocycles. The van der Waals surface area contributed by atoms with E-state index in [-0.39, 0.29) is 11.9 Å². The number of carbonyl (C=O) groups is 1. The van der Waals surface area contributed by atoms with Crippen molar-refractivity contribution in [2.45, 2.75) is 20.0 Å². The second-order valence-corrected chi connectivity index (χ2v) is 4.84. The molecule has 0 N–H and O–H groups in total. The van der Waals surface area contributed by atoms with Crippen LogP contribution in [0.5, 0.6) is 5.75 Å². The molecular formula is C16H18N2O2. The zero-order valence-corrected chi connectivity index (χ0v) is 11.9. The summed E-state index contributed by atoms with van der Waals surface area (Å²) in [5.74, 6) is 0.774. The summed E-state index contributed by atoms with van der Waals surface area (Å²) in [5.41, 5.74) is 1.54. The predicted octanol–water partition coefficient (Wildman–Crippen LogP) is 3.10. The number of rotatable bonds is 5. The Labute approximate surface area is 118 Å². The van der Waals surface area contributed by atoms with Crippen LogP contribution in [0, 0.1) is 0 Å². The van der Waals surface area contributed by atoms with Gasteiger partial charge in [0.2, 0.25) is 0 Å². The molecule has 0 unspecified atom stereocenters. The molecule has 1 aromatic heterocycles. The molecule has 0 amide bonds. The SMILES string of the molecule is CC(C)Oc1ccc(C=CC(=O)c2cnn(C)c2)cc1. The van der Waals surface area contributed by atoms with Gasteiger partial charge in [-0.25, -0.2) is 0 Å². The van der Waals surface area contributed by atoms with E-state index in [4.69, 9.17) is 4.74 Å². The lowest BCUT2D eigenvalue weighted by Gasteiger charge is -2.09. The van der Waals surface area contributed by atoms with E-state index in [0.29, 0.717) is 5.56 Å². The lowest BCUT2D eigenvalue weighted by molar-refractivity contribution is 0.104. The first kappa shape index (κ1) is 14.1. The minimum absolute atomic E-state index is 0.0550. The van der Waals surface area contributed by atoms with Gasteiger partial charge in [0.05, 0.1) is 17.9 Å². The summed E-state index contributed by atoms with van der Waals surface area (Å²) in [6, 6.07) is 7.64. The Kier molecular flexibility index (Phi) is 4.35. The molecule has 0 spiro atoms. The molecule has 0 fully saturated rings. The number of hydrogen-bond acceptors (Lipinski definition) is 3. The van der Waals surface area contributed by atoms with Gasteiger partial charge in [0.1, 0.15) is 5.75 Å². The molecule has 4 heteroatoms. The van der Waals surface area contributed by atoms with Crippen LogP contribution in [-0.2, 0) is 7.05 Å². The fourth-order valence-corrected chi connectivity index (χ4v) is 1.75. The van der Waals surface area contributed by atoms with E-state index >= 15 is 0 Å². The second kappa shape index (κ2) is 6.19. The van der Waals surface area contributed by atoms with Crippen molar-refractivity contribution in [2.75, 3.05) is 0 Å². The fraction of sp³-hybridized carbons (Fsp3) is 0.250. The first-order valence-corrected chi connectivity index (χ1v) is 6.52. The Morgan fingerprint density at radius 2 is 2.00 bits per heavy atom. The number of carbonyl (C=O) groups excluding carboxylic acids is 1. The number of ether oxygens (including phenoxy) is 1. The molecule has 0 bridgehead atoms. The Bertz CT molecular complexity index is 610. The van der Waals surface area contributed by atoms with Gasteiger partial charge in [-0.1, -0.05) is 18.2 Å². The number of hydrogen-bond donors (Lipinski definition) is 0. The van der Waals surface area contributed by atoms with Crippen molar-refractivity contribution in [1.82, 2.24) is 9.78 Å². The third-order valence-corrected chi connectivity index (χ3v) is 2.67. The molecule has 0 radical (unpaired) electrons. The van der Waals surface area contributed by atoms with Gasteiger partial charge < -0.3 is 4.74 Å². The van der Waals surface area contributed by atoms with Crippen molar-refractivity contribution < 1.29 is 9.53 Å². The zero-order valence-electron chi connectivity index (χ0n) is 11.9. The van der Waals surface area contributed by atoms with Gasteiger partial charge in [0, 0.05) is 13.2 Å². The van der Waals surface area contributed by atoms with E-state index in [0.717, 1.165) is 11.3 Å². The Hall–Kier alpha value is -2.36. The lowest BCUT2D eigenvalue weighted by Crippen LogP contribution is -2.05. The molecule has 0 aliphatic heterocycles. The molecule has 1 aromatic carbocycles. The summed E-state index contributed by atoms with van der Waals surface area (Å²) < 4.78 is 7.18. The summed E-state index contributed by atoms with van der Waals surface area (Å²) in [7, 11) is 1.79. The van der Waals surface area contributed by atoms with Gasteiger partial charge in [-0.05, 0) is 37.6 Å². The number of allylic oxidation sites excluding steroid dienone is 1. The van der Waals surface area contributed by atoms with Gasteiger partial charge in [-0.2, -0.15) is 5.10 Å². The van der Waals surface area contributed by atoms with Crippen molar-refractivity contribution >= 4 is 11.9 Å². The minimum Gasteiger partial charge on any atom is -0.491 e. The molecule has 104 valence electrons. The summed E-state index contributed by atoms with van der Waals surface area (Å²) in [6.07, 6.45) is 6.76. The summed E-state index contributed by atoms with van der Waals surface area (Å²) in [5, 5.41) is 3.98. The van der Waals surface area contributed by atoms with Crippen molar-refractivity contribution in [2.24, 2.45) is 7.05 Å². The molecule has 0 aliphatic carbocycles. The minimum atomic E-state index is -0.0550. The van der Waals surface area contributed by atoms with Gasteiger partial charge >= 0.3 is 0 Å². The van der Waals surface area contributed by atoms with E-state index in [1.54, 1.807) is 36.3 Å². The topological polar surface area (TPSA) is 44.1 Å².